The standard InChI is InChI=1S/C28H33N2O3/c1-4-20-18-30(17-19-6-5-7-22(14-19)32-2)13-11-21(20)15-27(30)28(31)24-10-12-29-26-9-8-23(33-3)16-25(24)26/h4-10,12,14,16,20-21,27-28,31H,1,11,13,15,17-18H2,2-3H3/q+1/t20?,21?,27?,28-,30?/m0/s1. The van der Waals surface area contributed by atoms with Crippen molar-refractivity contribution in [3.05, 3.63) is 78.5 Å². The number of nitrogens with zero attached hydrogens (tertiary/aromatic N) is 2. The average Bonchev–Trinajstić information content (AvgIpc) is 2.87. The van der Waals surface area contributed by atoms with Crippen LogP contribution >= 0.6 is 0 Å². The van der Waals surface area contributed by atoms with Crippen LogP contribution in [0, 0.1) is 11.8 Å². The molecule has 2 bridgehead atoms. The third kappa shape index (κ3) is 3.90. The summed E-state index contributed by atoms with van der Waals surface area (Å²) in [6.45, 7) is 7.10. The monoisotopic (exact) mass is 445 g/mol. The van der Waals surface area contributed by atoms with Crippen LogP contribution in [0.2, 0.25) is 0 Å². The first-order valence-corrected chi connectivity index (χ1v) is 11.8. The van der Waals surface area contributed by atoms with E-state index >= 15 is 0 Å². The molecular formula is C28H33N2O3+. The molecular weight excluding hydrogens is 412 g/mol. The van der Waals surface area contributed by atoms with Gasteiger partial charge in [0.15, 0.2) is 0 Å². The Morgan fingerprint density at radius 2 is 1.97 bits per heavy atom. The Balaban J connectivity index is 1.56. The molecule has 33 heavy (non-hydrogen) atoms. The lowest BCUT2D eigenvalue weighted by molar-refractivity contribution is -0.984. The summed E-state index contributed by atoms with van der Waals surface area (Å²) in [6, 6.07) is 16.3. The Labute approximate surface area is 195 Å². The van der Waals surface area contributed by atoms with E-state index in [0.717, 1.165) is 58.5 Å². The van der Waals surface area contributed by atoms with Crippen molar-refractivity contribution in [1.82, 2.24) is 4.98 Å². The minimum absolute atomic E-state index is 0.114. The number of quaternary nitrogens is 1. The van der Waals surface area contributed by atoms with Crippen molar-refractivity contribution in [1.29, 1.82) is 0 Å². The van der Waals surface area contributed by atoms with Gasteiger partial charge in [0, 0.05) is 35.9 Å². The molecule has 3 saturated heterocycles. The molecule has 0 aliphatic carbocycles. The Morgan fingerprint density at radius 3 is 2.76 bits per heavy atom. The molecule has 5 nitrogen and oxygen atoms in total. The summed E-state index contributed by atoms with van der Waals surface area (Å²) in [6.07, 6.45) is 5.53. The number of aromatic nitrogens is 1. The average molecular weight is 446 g/mol. The number of hydrogen-bond donors (Lipinski definition) is 1. The predicted octanol–water partition coefficient (Wildman–Crippen LogP) is 4.90. The fourth-order valence-corrected chi connectivity index (χ4v) is 6.25. The predicted molar refractivity (Wildman–Crippen MR) is 130 cm³/mol. The van der Waals surface area contributed by atoms with Crippen molar-refractivity contribution in [2.24, 2.45) is 11.8 Å². The van der Waals surface area contributed by atoms with E-state index in [1.54, 1.807) is 14.2 Å². The maximum absolute atomic E-state index is 11.9. The van der Waals surface area contributed by atoms with Crippen LogP contribution in [0.1, 0.15) is 30.1 Å². The zero-order valence-corrected chi connectivity index (χ0v) is 19.5. The van der Waals surface area contributed by atoms with Crippen molar-refractivity contribution in [3.63, 3.8) is 0 Å². The SMILES string of the molecule is C=CC1C[N+]2(Cc3cccc(OC)c3)CCC1CC2[C@@H](O)c1ccnc2ccc(OC)cc12. The summed E-state index contributed by atoms with van der Waals surface area (Å²) in [5.41, 5.74) is 3.07. The minimum Gasteiger partial charge on any atom is -0.497 e. The molecule has 3 aliphatic heterocycles. The summed E-state index contributed by atoms with van der Waals surface area (Å²) in [5, 5.41) is 12.9. The second-order valence-corrected chi connectivity index (χ2v) is 9.61. The molecule has 172 valence electrons. The van der Waals surface area contributed by atoms with E-state index < -0.39 is 6.10 Å². The summed E-state index contributed by atoms with van der Waals surface area (Å²) in [4.78, 5) is 4.52. The molecule has 5 heteroatoms. The summed E-state index contributed by atoms with van der Waals surface area (Å²) >= 11 is 0. The van der Waals surface area contributed by atoms with E-state index in [2.05, 4.69) is 35.8 Å². The van der Waals surface area contributed by atoms with E-state index in [1.165, 1.54) is 12.0 Å². The van der Waals surface area contributed by atoms with Gasteiger partial charge in [-0.3, -0.25) is 4.98 Å². The largest absolute Gasteiger partial charge is 0.497 e. The van der Waals surface area contributed by atoms with E-state index in [9.17, 15) is 5.11 Å². The minimum atomic E-state index is -0.582. The lowest BCUT2D eigenvalue weighted by Crippen LogP contribution is -2.67. The molecule has 3 fully saturated rings. The van der Waals surface area contributed by atoms with E-state index in [-0.39, 0.29) is 6.04 Å². The number of benzene rings is 2. The fraction of sp³-hybridized carbons (Fsp3) is 0.393. The highest BCUT2D eigenvalue weighted by atomic mass is 16.5. The highest BCUT2D eigenvalue weighted by Gasteiger charge is 2.54. The van der Waals surface area contributed by atoms with Crippen molar-refractivity contribution in [2.75, 3.05) is 27.3 Å². The molecule has 6 rings (SSSR count). The van der Waals surface area contributed by atoms with Crippen LogP contribution in [-0.4, -0.2) is 47.9 Å². The second-order valence-electron chi connectivity index (χ2n) is 9.61. The van der Waals surface area contributed by atoms with E-state index in [1.807, 2.05) is 36.5 Å². The lowest BCUT2D eigenvalue weighted by atomic mass is 9.71. The van der Waals surface area contributed by atoms with Crippen molar-refractivity contribution in [3.8, 4) is 11.5 Å². The first-order chi connectivity index (χ1) is 16.1. The van der Waals surface area contributed by atoms with Gasteiger partial charge in [-0.05, 0) is 47.9 Å². The Morgan fingerprint density at radius 1 is 1.15 bits per heavy atom. The van der Waals surface area contributed by atoms with Crippen LogP contribution in [0.4, 0.5) is 0 Å². The highest BCUT2D eigenvalue weighted by Crippen LogP contribution is 2.48. The first kappa shape index (κ1) is 21.9. The normalized spacial score (nSPS) is 27.3. The molecule has 4 heterocycles. The second kappa shape index (κ2) is 8.81. The molecule has 0 spiro atoms. The molecule has 0 radical (unpaired) electrons. The van der Waals surface area contributed by atoms with Gasteiger partial charge in [0.25, 0.3) is 0 Å². The quantitative estimate of drug-likeness (QED) is 0.415. The van der Waals surface area contributed by atoms with Gasteiger partial charge >= 0.3 is 0 Å². The van der Waals surface area contributed by atoms with Crippen molar-refractivity contribution in [2.45, 2.75) is 31.5 Å². The highest BCUT2D eigenvalue weighted by molar-refractivity contribution is 5.83. The first-order valence-electron chi connectivity index (χ1n) is 11.8. The van der Waals surface area contributed by atoms with Crippen LogP contribution in [0.15, 0.2) is 67.4 Å². The molecule has 5 atom stereocenters. The molecule has 2 aromatic carbocycles. The van der Waals surface area contributed by atoms with Gasteiger partial charge in [-0.25, -0.2) is 0 Å². The van der Waals surface area contributed by atoms with Crippen LogP contribution in [0.5, 0.6) is 11.5 Å². The van der Waals surface area contributed by atoms with Gasteiger partial charge in [0.1, 0.15) is 30.2 Å². The maximum Gasteiger partial charge on any atom is 0.131 e. The Hall–Kier alpha value is -2.89. The third-order valence-corrected chi connectivity index (χ3v) is 7.97. The van der Waals surface area contributed by atoms with Gasteiger partial charge < -0.3 is 19.1 Å². The van der Waals surface area contributed by atoms with Crippen molar-refractivity contribution < 1.29 is 19.1 Å². The van der Waals surface area contributed by atoms with Crippen LogP contribution < -0.4 is 9.47 Å². The number of hydrogen-bond acceptors (Lipinski definition) is 4. The van der Waals surface area contributed by atoms with Gasteiger partial charge in [-0.2, -0.15) is 0 Å². The van der Waals surface area contributed by atoms with Gasteiger partial charge in [-0.15, -0.1) is 6.58 Å². The molecule has 1 aromatic heterocycles. The summed E-state index contributed by atoms with van der Waals surface area (Å²) in [5.74, 6) is 2.72. The lowest BCUT2D eigenvalue weighted by Gasteiger charge is -2.58. The number of rotatable bonds is 7. The summed E-state index contributed by atoms with van der Waals surface area (Å²) < 4.78 is 11.8. The number of piperidine rings is 3. The number of fused-ring (bicyclic) bond motifs is 4. The van der Waals surface area contributed by atoms with Crippen molar-refractivity contribution >= 4 is 10.9 Å². The fourth-order valence-electron chi connectivity index (χ4n) is 6.25. The zero-order valence-electron chi connectivity index (χ0n) is 19.5. The van der Waals surface area contributed by atoms with Gasteiger partial charge in [-0.1, -0.05) is 18.2 Å². The summed E-state index contributed by atoms with van der Waals surface area (Å²) in [7, 11) is 3.38. The molecule has 0 saturated carbocycles. The van der Waals surface area contributed by atoms with E-state index in [4.69, 9.17) is 9.47 Å². The van der Waals surface area contributed by atoms with Gasteiger partial charge in [0.2, 0.25) is 0 Å². The number of aliphatic hydroxyl groups is 1. The zero-order chi connectivity index (χ0) is 23.0. The van der Waals surface area contributed by atoms with Crippen LogP contribution in [0.3, 0.4) is 0 Å². The number of pyridine rings is 1. The molecule has 1 N–H and O–H groups in total. The van der Waals surface area contributed by atoms with Crippen LogP contribution in [0.25, 0.3) is 10.9 Å². The molecule has 0 amide bonds. The number of methoxy groups -OCH3 is 2. The number of aliphatic hydroxyl groups excluding tert-OH is 1. The van der Waals surface area contributed by atoms with Crippen LogP contribution in [-0.2, 0) is 6.54 Å². The smallest absolute Gasteiger partial charge is 0.131 e. The molecule has 3 aromatic rings. The third-order valence-electron chi connectivity index (χ3n) is 7.97. The Bertz CT molecular complexity index is 1160. The molecule has 4 unspecified atom stereocenters. The topological polar surface area (TPSA) is 51.6 Å². The Kier molecular flexibility index (Phi) is 5.85. The van der Waals surface area contributed by atoms with Gasteiger partial charge in [0.05, 0.1) is 32.8 Å². The maximum atomic E-state index is 11.9. The number of ether oxygens (including phenoxy) is 2. The van der Waals surface area contributed by atoms with E-state index in [0.29, 0.717) is 11.8 Å². The molecule has 3 aliphatic rings.